The zero-order valence-electron chi connectivity index (χ0n) is 10.1. The quantitative estimate of drug-likeness (QED) is 0.478. The van der Waals surface area contributed by atoms with Crippen molar-refractivity contribution in [3.05, 3.63) is 24.0 Å². The monoisotopic (exact) mass is 196 g/mol. The molecule has 0 unspecified atom stereocenters. The van der Waals surface area contributed by atoms with E-state index in [0.717, 1.165) is 11.3 Å². The van der Waals surface area contributed by atoms with Crippen LogP contribution in [0.4, 0.5) is 0 Å². The summed E-state index contributed by atoms with van der Waals surface area (Å²) in [5, 5.41) is 0. The molecule has 0 bridgehead atoms. The molecule has 0 aromatic heterocycles. The average molecular weight is 196 g/mol. The molecule has 1 aliphatic carbocycles. The lowest BCUT2D eigenvalue weighted by atomic mass is 10.2. The summed E-state index contributed by atoms with van der Waals surface area (Å²) in [5.74, 6) is 0.851. The third kappa shape index (κ3) is 4.50. The van der Waals surface area contributed by atoms with Crippen molar-refractivity contribution in [3.63, 3.8) is 0 Å². The molecule has 0 aromatic rings. The lowest BCUT2D eigenvalue weighted by Gasteiger charge is -2.15. The van der Waals surface area contributed by atoms with E-state index in [2.05, 4.69) is 6.58 Å². The lowest BCUT2D eigenvalue weighted by Crippen LogP contribution is -2.06. The van der Waals surface area contributed by atoms with Crippen molar-refractivity contribution in [1.82, 2.24) is 0 Å². The van der Waals surface area contributed by atoms with Crippen molar-refractivity contribution in [3.8, 4) is 0 Å². The van der Waals surface area contributed by atoms with Gasteiger partial charge in [-0.15, -0.1) is 0 Å². The van der Waals surface area contributed by atoms with Gasteiger partial charge in [0, 0.05) is 0 Å². The molecule has 0 aliphatic heterocycles. The summed E-state index contributed by atoms with van der Waals surface area (Å²) in [7, 11) is 0. The van der Waals surface area contributed by atoms with Gasteiger partial charge in [-0.3, -0.25) is 0 Å². The topological polar surface area (TPSA) is 9.23 Å². The molecule has 1 aliphatic rings. The Morgan fingerprint density at radius 3 is 2.21 bits per heavy atom. The van der Waals surface area contributed by atoms with E-state index in [1.54, 1.807) is 0 Å². The zero-order chi connectivity index (χ0) is 11.0. The highest BCUT2D eigenvalue weighted by molar-refractivity contribution is 5.19. The van der Waals surface area contributed by atoms with E-state index in [1.165, 1.54) is 25.7 Å². The van der Waals surface area contributed by atoms with Crippen LogP contribution in [-0.2, 0) is 4.74 Å². The van der Waals surface area contributed by atoms with Crippen LogP contribution in [0.3, 0.4) is 0 Å². The van der Waals surface area contributed by atoms with E-state index in [4.69, 9.17) is 4.74 Å². The van der Waals surface area contributed by atoms with Gasteiger partial charge in [0.05, 0.1) is 6.10 Å². The summed E-state index contributed by atoms with van der Waals surface area (Å²) in [6.07, 6.45) is 7.51. The number of hydrogen-bond donors (Lipinski definition) is 0. The molecule has 0 N–H and O–H groups in total. The Hall–Kier alpha value is -0.720. The van der Waals surface area contributed by atoms with Crippen molar-refractivity contribution < 1.29 is 4.74 Å². The smallest absolute Gasteiger partial charge is 0.115 e. The van der Waals surface area contributed by atoms with Gasteiger partial charge in [0.25, 0.3) is 0 Å². The molecule has 1 heteroatoms. The second-order valence-electron chi connectivity index (χ2n) is 3.42. The van der Waals surface area contributed by atoms with Gasteiger partial charge in [-0.25, -0.2) is 0 Å². The fraction of sp³-hybridized carbons (Fsp3) is 0.692. The lowest BCUT2D eigenvalue weighted by molar-refractivity contribution is 0.129. The molecule has 0 heterocycles. The largest absolute Gasteiger partial charge is 0.491 e. The maximum Gasteiger partial charge on any atom is 0.115 e. The van der Waals surface area contributed by atoms with Gasteiger partial charge in [-0.05, 0) is 45.1 Å². The number of rotatable bonds is 3. The van der Waals surface area contributed by atoms with Crippen LogP contribution in [-0.4, -0.2) is 6.10 Å². The molecule has 82 valence electrons. The Labute approximate surface area is 88.9 Å². The van der Waals surface area contributed by atoms with Crippen molar-refractivity contribution in [1.29, 1.82) is 0 Å². The van der Waals surface area contributed by atoms with E-state index in [1.807, 2.05) is 33.8 Å². The summed E-state index contributed by atoms with van der Waals surface area (Å²) in [5.41, 5.74) is 1.15. The minimum atomic E-state index is 0.437. The molecular formula is C13H24O. The SMILES string of the molecule is C=C(OC1CCCC1)/C(C)=C\C.CC. The van der Waals surface area contributed by atoms with Gasteiger partial charge >= 0.3 is 0 Å². The highest BCUT2D eigenvalue weighted by Gasteiger charge is 2.16. The molecular weight excluding hydrogens is 172 g/mol. The van der Waals surface area contributed by atoms with Crippen LogP contribution >= 0.6 is 0 Å². The first-order valence-corrected chi connectivity index (χ1v) is 5.73. The van der Waals surface area contributed by atoms with E-state index in [9.17, 15) is 0 Å². The van der Waals surface area contributed by atoms with Gasteiger partial charge in [0.2, 0.25) is 0 Å². The normalized spacial score (nSPS) is 17.3. The molecule has 1 saturated carbocycles. The van der Waals surface area contributed by atoms with Crippen LogP contribution in [0.5, 0.6) is 0 Å². The molecule has 1 rings (SSSR count). The average Bonchev–Trinajstić information content (AvgIpc) is 2.72. The third-order valence-corrected chi connectivity index (χ3v) is 2.48. The maximum absolute atomic E-state index is 5.70. The first kappa shape index (κ1) is 13.3. The Bertz CT molecular complexity index is 185. The molecule has 1 nitrogen and oxygen atoms in total. The third-order valence-electron chi connectivity index (χ3n) is 2.48. The van der Waals surface area contributed by atoms with Crippen LogP contribution in [0.25, 0.3) is 0 Å². The summed E-state index contributed by atoms with van der Waals surface area (Å²) in [6.45, 7) is 11.9. The molecule has 14 heavy (non-hydrogen) atoms. The van der Waals surface area contributed by atoms with Gasteiger partial charge in [-0.1, -0.05) is 26.5 Å². The Morgan fingerprint density at radius 2 is 1.79 bits per heavy atom. The van der Waals surface area contributed by atoms with Crippen molar-refractivity contribution in [2.45, 2.75) is 59.5 Å². The van der Waals surface area contributed by atoms with Crippen LogP contribution < -0.4 is 0 Å². The van der Waals surface area contributed by atoms with Gasteiger partial charge in [0.15, 0.2) is 0 Å². The van der Waals surface area contributed by atoms with Crippen LogP contribution in [0, 0.1) is 0 Å². The van der Waals surface area contributed by atoms with E-state index in [0.29, 0.717) is 6.10 Å². The summed E-state index contributed by atoms with van der Waals surface area (Å²) >= 11 is 0. The Kier molecular flexibility index (Phi) is 7.27. The Morgan fingerprint density at radius 1 is 1.29 bits per heavy atom. The summed E-state index contributed by atoms with van der Waals surface area (Å²) < 4.78 is 5.70. The number of ether oxygens (including phenoxy) is 1. The fourth-order valence-electron chi connectivity index (χ4n) is 1.46. The standard InChI is InChI=1S/C11H18O.C2H6/c1-4-9(2)10(3)12-11-7-5-6-8-11;1-2/h4,11H,3,5-8H2,1-2H3;1-2H3/b9-4-;. The van der Waals surface area contributed by atoms with Gasteiger partial charge in [0.1, 0.15) is 5.76 Å². The van der Waals surface area contributed by atoms with E-state index < -0.39 is 0 Å². The first-order valence-electron chi connectivity index (χ1n) is 5.73. The zero-order valence-corrected chi connectivity index (χ0v) is 10.1. The number of allylic oxidation sites excluding steroid dienone is 2. The van der Waals surface area contributed by atoms with Gasteiger partial charge in [-0.2, -0.15) is 0 Å². The molecule has 0 radical (unpaired) electrons. The molecule has 0 atom stereocenters. The molecule has 0 aromatic carbocycles. The minimum absolute atomic E-state index is 0.437. The van der Waals surface area contributed by atoms with Crippen LogP contribution in [0.2, 0.25) is 0 Å². The molecule has 0 spiro atoms. The van der Waals surface area contributed by atoms with Crippen molar-refractivity contribution in [2.75, 3.05) is 0 Å². The highest BCUT2D eigenvalue weighted by atomic mass is 16.5. The van der Waals surface area contributed by atoms with Crippen LogP contribution in [0.1, 0.15) is 53.4 Å². The van der Waals surface area contributed by atoms with E-state index >= 15 is 0 Å². The second-order valence-corrected chi connectivity index (χ2v) is 3.42. The maximum atomic E-state index is 5.70. The summed E-state index contributed by atoms with van der Waals surface area (Å²) in [4.78, 5) is 0. The van der Waals surface area contributed by atoms with E-state index in [-0.39, 0.29) is 0 Å². The predicted molar refractivity (Wildman–Crippen MR) is 63.3 cm³/mol. The van der Waals surface area contributed by atoms with Crippen molar-refractivity contribution >= 4 is 0 Å². The number of hydrogen-bond acceptors (Lipinski definition) is 1. The summed E-state index contributed by atoms with van der Waals surface area (Å²) in [6, 6.07) is 0. The predicted octanol–water partition coefficient (Wildman–Crippen LogP) is 4.45. The molecule has 0 saturated heterocycles. The van der Waals surface area contributed by atoms with Gasteiger partial charge < -0.3 is 4.74 Å². The highest BCUT2D eigenvalue weighted by Crippen LogP contribution is 2.24. The molecule has 1 fully saturated rings. The van der Waals surface area contributed by atoms with Crippen molar-refractivity contribution in [2.24, 2.45) is 0 Å². The van der Waals surface area contributed by atoms with Crippen LogP contribution in [0.15, 0.2) is 24.0 Å². The first-order chi connectivity index (χ1) is 6.74. The fourth-order valence-corrected chi connectivity index (χ4v) is 1.46. The second kappa shape index (κ2) is 7.66. The minimum Gasteiger partial charge on any atom is -0.491 e. The molecule has 0 amide bonds. The Balaban J connectivity index is 0.000000791.